The van der Waals surface area contributed by atoms with Crippen LogP contribution in [0.3, 0.4) is 0 Å². The van der Waals surface area contributed by atoms with Crippen LogP contribution in [0.1, 0.15) is 71.6 Å². The molecule has 0 bridgehead atoms. The second-order valence-corrected chi connectivity index (χ2v) is 4.47. The minimum absolute atomic E-state index is 0.0339. The van der Waals surface area contributed by atoms with Crippen molar-refractivity contribution in [3.05, 3.63) is 0 Å². The molecule has 0 fully saturated rings. The van der Waals surface area contributed by atoms with Crippen molar-refractivity contribution in [3.8, 4) is 0 Å². The lowest BCUT2D eigenvalue weighted by Gasteiger charge is -2.03. The maximum atomic E-state index is 11.4. The molecule has 0 N–H and O–H groups in total. The fourth-order valence-electron chi connectivity index (χ4n) is 1.61. The van der Waals surface area contributed by atoms with Crippen molar-refractivity contribution in [2.75, 3.05) is 6.61 Å². The third kappa shape index (κ3) is 11.4. The van der Waals surface area contributed by atoms with E-state index in [2.05, 4.69) is 6.92 Å². The molecule has 100 valence electrons. The van der Waals surface area contributed by atoms with Crippen molar-refractivity contribution in [3.63, 3.8) is 0 Å². The number of hydrogen-bond acceptors (Lipinski definition) is 3. The van der Waals surface area contributed by atoms with Crippen molar-refractivity contribution >= 4 is 11.8 Å². The number of esters is 1. The molecule has 3 heteroatoms. The topological polar surface area (TPSA) is 43.4 Å². The summed E-state index contributed by atoms with van der Waals surface area (Å²) in [7, 11) is 0. The van der Waals surface area contributed by atoms with Crippen LogP contribution < -0.4 is 0 Å². The first-order chi connectivity index (χ1) is 8.20. The minimum Gasteiger partial charge on any atom is -0.458 e. The lowest BCUT2D eigenvalue weighted by molar-refractivity contribution is -0.148. The number of carbonyl (C=O) groups is 2. The summed E-state index contributed by atoms with van der Waals surface area (Å²) >= 11 is 0. The zero-order valence-corrected chi connectivity index (χ0v) is 11.3. The van der Waals surface area contributed by atoms with Gasteiger partial charge in [0.1, 0.15) is 6.61 Å². The van der Waals surface area contributed by atoms with Gasteiger partial charge < -0.3 is 4.74 Å². The molecule has 0 aromatic heterocycles. The third-order valence-electron chi connectivity index (χ3n) is 2.66. The van der Waals surface area contributed by atoms with Crippen LogP contribution in [-0.2, 0) is 14.3 Å². The Morgan fingerprint density at radius 2 is 1.47 bits per heavy atom. The van der Waals surface area contributed by atoms with E-state index >= 15 is 0 Å². The van der Waals surface area contributed by atoms with Gasteiger partial charge >= 0.3 is 5.97 Å². The Morgan fingerprint density at radius 3 is 2.12 bits per heavy atom. The first-order valence-corrected chi connectivity index (χ1v) is 6.88. The van der Waals surface area contributed by atoms with Crippen LogP contribution >= 0.6 is 0 Å². The molecule has 0 aromatic carbocycles. The number of ketones is 1. The van der Waals surface area contributed by atoms with Gasteiger partial charge in [-0.25, -0.2) is 0 Å². The highest BCUT2D eigenvalue weighted by molar-refractivity contribution is 5.82. The summed E-state index contributed by atoms with van der Waals surface area (Å²) < 4.78 is 4.85. The smallest absolute Gasteiger partial charge is 0.306 e. The Bertz CT molecular complexity index is 212. The number of unbranched alkanes of at least 4 members (excludes halogenated alkanes) is 5. The van der Waals surface area contributed by atoms with Crippen LogP contribution in [0.4, 0.5) is 0 Å². The highest BCUT2D eigenvalue weighted by Gasteiger charge is 2.06. The van der Waals surface area contributed by atoms with E-state index in [0.717, 1.165) is 19.3 Å². The quantitative estimate of drug-likeness (QED) is 0.410. The Kier molecular flexibility index (Phi) is 11.0. The molecule has 0 heterocycles. The van der Waals surface area contributed by atoms with Gasteiger partial charge in [-0.2, -0.15) is 0 Å². The maximum absolute atomic E-state index is 11.4. The van der Waals surface area contributed by atoms with Crippen molar-refractivity contribution in [1.29, 1.82) is 0 Å². The average molecular weight is 242 g/mol. The second-order valence-electron chi connectivity index (χ2n) is 4.47. The molecular weight excluding hydrogens is 216 g/mol. The number of rotatable bonds is 11. The monoisotopic (exact) mass is 242 g/mol. The number of hydrogen-bond donors (Lipinski definition) is 0. The molecular formula is C14H26O3. The number of Topliss-reactive ketones (excluding diaryl/α,β-unsaturated/α-hetero) is 1. The van der Waals surface area contributed by atoms with Crippen LogP contribution in [-0.4, -0.2) is 18.4 Å². The second kappa shape index (κ2) is 11.6. The largest absolute Gasteiger partial charge is 0.458 e. The van der Waals surface area contributed by atoms with E-state index < -0.39 is 0 Å². The molecule has 0 aliphatic rings. The van der Waals surface area contributed by atoms with Gasteiger partial charge in [-0.05, 0) is 12.8 Å². The van der Waals surface area contributed by atoms with Gasteiger partial charge in [-0.1, -0.05) is 46.0 Å². The Labute approximate surface area is 105 Å². The highest BCUT2D eigenvalue weighted by Crippen LogP contribution is 2.07. The average Bonchev–Trinajstić information content (AvgIpc) is 2.31. The Hall–Kier alpha value is -0.860. The van der Waals surface area contributed by atoms with E-state index in [9.17, 15) is 9.59 Å². The van der Waals surface area contributed by atoms with Gasteiger partial charge in [-0.15, -0.1) is 0 Å². The van der Waals surface area contributed by atoms with Gasteiger partial charge in [0.2, 0.25) is 0 Å². The minimum atomic E-state index is -0.260. The normalized spacial score (nSPS) is 10.2. The Morgan fingerprint density at radius 1 is 0.824 bits per heavy atom. The number of carbonyl (C=O) groups excluding carboxylic acids is 2. The summed E-state index contributed by atoms with van der Waals surface area (Å²) in [6.45, 7) is 4.07. The summed E-state index contributed by atoms with van der Waals surface area (Å²) in [5, 5.41) is 0. The fourth-order valence-corrected chi connectivity index (χ4v) is 1.61. The van der Waals surface area contributed by atoms with Crippen LogP contribution in [0, 0.1) is 0 Å². The van der Waals surface area contributed by atoms with Crippen LogP contribution in [0.5, 0.6) is 0 Å². The predicted octanol–water partition coefficient (Wildman–Crippen LogP) is 3.65. The van der Waals surface area contributed by atoms with Crippen molar-refractivity contribution in [2.45, 2.75) is 71.6 Å². The first kappa shape index (κ1) is 16.1. The lowest BCUT2D eigenvalue weighted by Crippen LogP contribution is -2.13. The summed E-state index contributed by atoms with van der Waals surface area (Å²) in [5.41, 5.74) is 0. The molecule has 0 aromatic rings. The summed E-state index contributed by atoms with van der Waals surface area (Å²) in [5.74, 6) is -0.214. The zero-order chi connectivity index (χ0) is 12.9. The van der Waals surface area contributed by atoms with Crippen LogP contribution in [0.15, 0.2) is 0 Å². The Balaban J connectivity index is 3.31. The molecule has 0 radical (unpaired) electrons. The molecule has 0 atom stereocenters. The molecule has 0 rings (SSSR count). The van der Waals surface area contributed by atoms with Gasteiger partial charge in [0, 0.05) is 12.8 Å². The molecule has 17 heavy (non-hydrogen) atoms. The van der Waals surface area contributed by atoms with Crippen molar-refractivity contribution in [2.24, 2.45) is 0 Å². The van der Waals surface area contributed by atoms with Crippen LogP contribution in [0.25, 0.3) is 0 Å². The molecule has 3 nitrogen and oxygen atoms in total. The van der Waals surface area contributed by atoms with E-state index in [4.69, 9.17) is 4.74 Å². The van der Waals surface area contributed by atoms with Gasteiger partial charge in [0.25, 0.3) is 0 Å². The van der Waals surface area contributed by atoms with E-state index in [-0.39, 0.29) is 18.4 Å². The summed E-state index contributed by atoms with van der Waals surface area (Å²) in [6, 6.07) is 0. The SMILES string of the molecule is CCCCCCCCC(=O)COC(=O)CCC. The van der Waals surface area contributed by atoms with Gasteiger partial charge in [0.05, 0.1) is 0 Å². The summed E-state index contributed by atoms with van der Waals surface area (Å²) in [4.78, 5) is 22.4. The summed E-state index contributed by atoms with van der Waals surface area (Å²) in [6.07, 6.45) is 8.74. The molecule has 0 aliphatic heterocycles. The van der Waals surface area contributed by atoms with Crippen molar-refractivity contribution in [1.82, 2.24) is 0 Å². The number of ether oxygens (including phenoxy) is 1. The van der Waals surface area contributed by atoms with Gasteiger partial charge in [0.15, 0.2) is 5.78 Å². The maximum Gasteiger partial charge on any atom is 0.306 e. The molecule has 0 saturated heterocycles. The third-order valence-corrected chi connectivity index (χ3v) is 2.66. The van der Waals surface area contributed by atoms with E-state index in [1.54, 1.807) is 0 Å². The highest BCUT2D eigenvalue weighted by atomic mass is 16.5. The van der Waals surface area contributed by atoms with Crippen LogP contribution in [0.2, 0.25) is 0 Å². The fraction of sp³-hybridized carbons (Fsp3) is 0.857. The predicted molar refractivity (Wildman–Crippen MR) is 68.9 cm³/mol. The molecule has 0 saturated carbocycles. The lowest BCUT2D eigenvalue weighted by atomic mass is 10.1. The molecule has 0 amide bonds. The molecule has 0 spiro atoms. The van der Waals surface area contributed by atoms with E-state index in [1.165, 1.54) is 25.7 Å². The standard InChI is InChI=1S/C14H26O3/c1-3-5-6-7-8-9-11-13(15)12-17-14(16)10-4-2/h3-12H2,1-2H3. The molecule has 0 unspecified atom stereocenters. The van der Waals surface area contributed by atoms with Crippen molar-refractivity contribution < 1.29 is 14.3 Å². The first-order valence-electron chi connectivity index (χ1n) is 6.88. The van der Waals surface area contributed by atoms with E-state index in [1.807, 2.05) is 6.92 Å². The molecule has 0 aliphatic carbocycles. The van der Waals surface area contributed by atoms with Gasteiger partial charge in [-0.3, -0.25) is 9.59 Å². The van der Waals surface area contributed by atoms with E-state index in [0.29, 0.717) is 12.8 Å². The zero-order valence-electron chi connectivity index (χ0n) is 11.3.